The van der Waals surface area contributed by atoms with Gasteiger partial charge >= 0.3 is 0 Å². The van der Waals surface area contributed by atoms with Crippen LogP contribution in [0.3, 0.4) is 0 Å². The maximum atomic E-state index is 9.88. The number of para-hydroxylation sites is 1. The number of phenols is 1. The van der Waals surface area contributed by atoms with E-state index < -0.39 is 0 Å². The Morgan fingerprint density at radius 1 is 1.38 bits per heavy atom. The largest absolute Gasteiger partial charge is 0.504 e. The molecule has 4 heteroatoms. The van der Waals surface area contributed by atoms with E-state index in [1.54, 1.807) is 6.07 Å². The van der Waals surface area contributed by atoms with Crippen LogP contribution in [0.1, 0.15) is 25.8 Å². The lowest BCUT2D eigenvalue weighted by Crippen LogP contribution is -2.21. The van der Waals surface area contributed by atoms with Crippen LogP contribution in [0.25, 0.3) is 0 Å². The highest BCUT2D eigenvalue weighted by Crippen LogP contribution is 2.30. The third-order valence-corrected chi connectivity index (χ3v) is 2.39. The normalized spacial score (nSPS) is 11.7. The molecule has 0 aliphatic carbocycles. The van der Waals surface area contributed by atoms with Gasteiger partial charge in [-0.2, -0.15) is 0 Å². The first kappa shape index (κ1) is 15.1. The molecule has 3 nitrogen and oxygen atoms in total. The lowest BCUT2D eigenvalue weighted by Gasteiger charge is -2.12. The Kier molecular flexibility index (Phi) is 6.93. The van der Waals surface area contributed by atoms with Crippen molar-refractivity contribution in [3.63, 3.8) is 0 Å². The average molecular weight is 246 g/mol. The SMILES string of the molecule is CCOc1cccc(CC(N)CC)c1O.Cl. The van der Waals surface area contributed by atoms with E-state index >= 15 is 0 Å². The highest BCUT2D eigenvalue weighted by Gasteiger charge is 2.10. The van der Waals surface area contributed by atoms with E-state index in [1.807, 2.05) is 26.0 Å². The molecule has 0 saturated carbocycles. The number of benzene rings is 1. The number of aromatic hydroxyl groups is 1. The summed E-state index contributed by atoms with van der Waals surface area (Å²) >= 11 is 0. The second-order valence-corrected chi connectivity index (χ2v) is 3.57. The third-order valence-electron chi connectivity index (χ3n) is 2.39. The van der Waals surface area contributed by atoms with Crippen LogP contribution in [0.4, 0.5) is 0 Å². The summed E-state index contributed by atoms with van der Waals surface area (Å²) in [5.41, 5.74) is 6.70. The van der Waals surface area contributed by atoms with Gasteiger partial charge in [-0.3, -0.25) is 0 Å². The highest BCUT2D eigenvalue weighted by molar-refractivity contribution is 5.85. The van der Waals surface area contributed by atoms with E-state index in [1.165, 1.54) is 0 Å². The van der Waals surface area contributed by atoms with E-state index in [9.17, 15) is 5.11 Å². The molecule has 0 saturated heterocycles. The van der Waals surface area contributed by atoms with Gasteiger partial charge in [-0.05, 0) is 31.4 Å². The van der Waals surface area contributed by atoms with Crippen molar-refractivity contribution in [1.29, 1.82) is 0 Å². The summed E-state index contributed by atoms with van der Waals surface area (Å²) in [4.78, 5) is 0. The lowest BCUT2D eigenvalue weighted by atomic mass is 10.0. The van der Waals surface area contributed by atoms with Crippen molar-refractivity contribution >= 4 is 12.4 Å². The standard InChI is InChI=1S/C12H19NO2.ClH/c1-3-10(13)8-9-6-5-7-11(12(9)14)15-4-2;/h5-7,10,14H,3-4,8,13H2,1-2H3;1H. The second kappa shape index (κ2) is 7.36. The molecule has 0 aromatic heterocycles. The van der Waals surface area contributed by atoms with Crippen molar-refractivity contribution in [3.05, 3.63) is 23.8 Å². The average Bonchev–Trinajstić information content (AvgIpc) is 2.24. The lowest BCUT2D eigenvalue weighted by molar-refractivity contribution is 0.316. The molecule has 0 aliphatic heterocycles. The monoisotopic (exact) mass is 245 g/mol. The van der Waals surface area contributed by atoms with Crippen molar-refractivity contribution in [2.24, 2.45) is 5.73 Å². The minimum Gasteiger partial charge on any atom is -0.504 e. The molecule has 0 bridgehead atoms. The van der Waals surface area contributed by atoms with Crippen molar-refractivity contribution in [2.45, 2.75) is 32.7 Å². The Hall–Kier alpha value is -0.930. The number of nitrogens with two attached hydrogens (primary N) is 1. The minimum atomic E-state index is 0. The maximum absolute atomic E-state index is 9.88. The van der Waals surface area contributed by atoms with Gasteiger partial charge in [0, 0.05) is 6.04 Å². The predicted octanol–water partition coefficient (Wildman–Crippen LogP) is 2.49. The summed E-state index contributed by atoms with van der Waals surface area (Å²) in [6.45, 7) is 4.48. The molecule has 0 heterocycles. The van der Waals surface area contributed by atoms with Gasteiger partial charge in [0.1, 0.15) is 0 Å². The zero-order valence-electron chi connectivity index (χ0n) is 9.77. The van der Waals surface area contributed by atoms with Crippen LogP contribution in [0.2, 0.25) is 0 Å². The van der Waals surface area contributed by atoms with Crippen molar-refractivity contribution in [3.8, 4) is 11.5 Å². The molecule has 0 amide bonds. The summed E-state index contributed by atoms with van der Waals surface area (Å²) in [7, 11) is 0. The fourth-order valence-corrected chi connectivity index (χ4v) is 1.43. The van der Waals surface area contributed by atoms with Gasteiger partial charge in [-0.25, -0.2) is 0 Å². The van der Waals surface area contributed by atoms with E-state index in [4.69, 9.17) is 10.5 Å². The third kappa shape index (κ3) is 3.91. The Morgan fingerprint density at radius 3 is 2.62 bits per heavy atom. The second-order valence-electron chi connectivity index (χ2n) is 3.57. The molecule has 1 rings (SSSR count). The van der Waals surface area contributed by atoms with Crippen molar-refractivity contribution in [1.82, 2.24) is 0 Å². The van der Waals surface area contributed by atoms with Gasteiger partial charge in [0.25, 0.3) is 0 Å². The quantitative estimate of drug-likeness (QED) is 0.838. The first-order valence-corrected chi connectivity index (χ1v) is 5.38. The molecule has 3 N–H and O–H groups in total. The smallest absolute Gasteiger partial charge is 0.161 e. The molecular weight excluding hydrogens is 226 g/mol. The molecule has 16 heavy (non-hydrogen) atoms. The van der Waals surface area contributed by atoms with Crippen molar-refractivity contribution in [2.75, 3.05) is 6.61 Å². The maximum Gasteiger partial charge on any atom is 0.161 e. The first-order valence-electron chi connectivity index (χ1n) is 5.38. The molecule has 1 aromatic rings. The van der Waals surface area contributed by atoms with Crippen LogP contribution in [0, 0.1) is 0 Å². The van der Waals surface area contributed by atoms with Crippen LogP contribution >= 0.6 is 12.4 Å². The first-order chi connectivity index (χ1) is 7.19. The summed E-state index contributed by atoms with van der Waals surface area (Å²) in [6.07, 6.45) is 1.58. The molecule has 92 valence electrons. The van der Waals surface area contributed by atoms with Crippen LogP contribution < -0.4 is 10.5 Å². The summed E-state index contributed by atoms with van der Waals surface area (Å²) in [6, 6.07) is 5.61. The minimum absolute atomic E-state index is 0. The molecule has 1 aromatic carbocycles. The molecule has 0 radical (unpaired) electrons. The van der Waals surface area contributed by atoms with Gasteiger partial charge in [0.05, 0.1) is 6.61 Å². The zero-order valence-corrected chi connectivity index (χ0v) is 10.6. The Labute approximate surface area is 103 Å². The summed E-state index contributed by atoms with van der Waals surface area (Å²) in [5, 5.41) is 9.88. The molecule has 0 spiro atoms. The van der Waals surface area contributed by atoms with Crippen LogP contribution in [-0.4, -0.2) is 17.8 Å². The Morgan fingerprint density at radius 2 is 2.06 bits per heavy atom. The molecular formula is C12H20ClNO2. The van der Waals surface area contributed by atoms with Crippen LogP contribution in [0.15, 0.2) is 18.2 Å². The number of hydrogen-bond acceptors (Lipinski definition) is 3. The van der Waals surface area contributed by atoms with E-state index in [2.05, 4.69) is 0 Å². The van der Waals surface area contributed by atoms with Gasteiger partial charge < -0.3 is 15.6 Å². The zero-order chi connectivity index (χ0) is 11.3. The Balaban J connectivity index is 0.00000225. The van der Waals surface area contributed by atoms with Gasteiger partial charge in [-0.1, -0.05) is 19.1 Å². The topological polar surface area (TPSA) is 55.5 Å². The number of phenolic OH excluding ortho intramolecular Hbond substituents is 1. The molecule has 1 atom stereocenters. The fraction of sp³-hybridized carbons (Fsp3) is 0.500. The number of ether oxygens (including phenoxy) is 1. The van der Waals surface area contributed by atoms with E-state index in [0.717, 1.165) is 12.0 Å². The molecule has 0 fully saturated rings. The number of hydrogen-bond donors (Lipinski definition) is 2. The van der Waals surface area contributed by atoms with E-state index in [0.29, 0.717) is 18.8 Å². The van der Waals surface area contributed by atoms with E-state index in [-0.39, 0.29) is 24.2 Å². The number of halogens is 1. The van der Waals surface area contributed by atoms with Crippen LogP contribution in [-0.2, 0) is 6.42 Å². The predicted molar refractivity (Wildman–Crippen MR) is 68.5 cm³/mol. The van der Waals surface area contributed by atoms with Gasteiger partial charge in [0.15, 0.2) is 11.5 Å². The fourth-order valence-electron chi connectivity index (χ4n) is 1.43. The van der Waals surface area contributed by atoms with Gasteiger partial charge in [-0.15, -0.1) is 12.4 Å². The summed E-state index contributed by atoms with van der Waals surface area (Å²) in [5.74, 6) is 0.765. The van der Waals surface area contributed by atoms with Gasteiger partial charge in [0.2, 0.25) is 0 Å². The Bertz CT molecular complexity index is 318. The molecule has 0 aliphatic rings. The summed E-state index contributed by atoms with van der Waals surface area (Å²) < 4.78 is 5.30. The van der Waals surface area contributed by atoms with Crippen LogP contribution in [0.5, 0.6) is 11.5 Å². The molecule has 1 unspecified atom stereocenters. The van der Waals surface area contributed by atoms with Crippen molar-refractivity contribution < 1.29 is 9.84 Å². The highest BCUT2D eigenvalue weighted by atomic mass is 35.5. The number of rotatable bonds is 5.